The summed E-state index contributed by atoms with van der Waals surface area (Å²) in [5.74, 6) is -0.565. The fourth-order valence-corrected chi connectivity index (χ4v) is 1.87. The number of rotatable bonds is 3. The normalized spacial score (nSPS) is 10.2. The molecule has 1 amide bonds. The molecule has 0 spiro atoms. The van der Waals surface area contributed by atoms with Gasteiger partial charge < -0.3 is 15.8 Å². The topological polar surface area (TPSA) is 64.3 Å². The maximum absolute atomic E-state index is 13.0. The van der Waals surface area contributed by atoms with E-state index in [2.05, 4.69) is 5.32 Å². The molecule has 3 N–H and O–H groups in total. The van der Waals surface area contributed by atoms with Crippen LogP contribution in [0.15, 0.2) is 36.4 Å². The highest BCUT2D eigenvalue weighted by Gasteiger charge is 2.13. The number of nitrogens with one attached hydrogen (secondary N) is 1. The number of benzene rings is 2. The molecule has 0 saturated heterocycles. The Kier molecular flexibility index (Phi) is 4.10. The van der Waals surface area contributed by atoms with Crippen molar-refractivity contribution in [2.24, 2.45) is 0 Å². The molecule has 20 heavy (non-hydrogen) atoms. The second kappa shape index (κ2) is 5.79. The quantitative estimate of drug-likeness (QED) is 0.854. The molecule has 0 heterocycles. The summed E-state index contributed by atoms with van der Waals surface area (Å²) < 4.78 is 18.1. The molecule has 0 bridgehead atoms. The van der Waals surface area contributed by atoms with Crippen molar-refractivity contribution in [3.63, 3.8) is 0 Å². The lowest BCUT2D eigenvalue weighted by molar-refractivity contribution is 0.102. The van der Waals surface area contributed by atoms with Crippen LogP contribution in [0.3, 0.4) is 0 Å². The zero-order chi connectivity index (χ0) is 14.7. The number of hydrogen-bond acceptors (Lipinski definition) is 3. The summed E-state index contributed by atoms with van der Waals surface area (Å²) in [7, 11) is 1.47. The van der Waals surface area contributed by atoms with E-state index >= 15 is 0 Å². The lowest BCUT2D eigenvalue weighted by atomic mass is 10.1. The van der Waals surface area contributed by atoms with Gasteiger partial charge in [-0.25, -0.2) is 4.39 Å². The number of ether oxygens (including phenoxy) is 1. The number of methoxy groups -OCH3 is 1. The minimum Gasteiger partial charge on any atom is -0.495 e. The van der Waals surface area contributed by atoms with Crippen LogP contribution in [-0.2, 0) is 0 Å². The summed E-state index contributed by atoms with van der Waals surface area (Å²) in [4.78, 5) is 12.1. The van der Waals surface area contributed by atoms with Gasteiger partial charge in [-0.15, -0.1) is 0 Å². The monoisotopic (exact) mass is 294 g/mol. The number of anilines is 2. The molecule has 0 unspecified atom stereocenters. The molecule has 2 aromatic carbocycles. The highest BCUT2D eigenvalue weighted by molar-refractivity contribution is 6.31. The maximum atomic E-state index is 13.0. The molecule has 6 heteroatoms. The van der Waals surface area contributed by atoms with E-state index in [4.69, 9.17) is 22.1 Å². The molecule has 0 aliphatic rings. The van der Waals surface area contributed by atoms with E-state index in [9.17, 15) is 9.18 Å². The number of halogens is 2. The average Bonchev–Trinajstić information content (AvgIpc) is 2.43. The summed E-state index contributed by atoms with van der Waals surface area (Å²) in [6.07, 6.45) is 0. The number of hydrogen-bond donors (Lipinski definition) is 2. The molecular weight excluding hydrogens is 283 g/mol. The number of para-hydroxylation sites is 1. The standard InChI is InChI=1S/C14H12ClFN2O2/c1-20-12-4-2-3-9(13(12)17)14(19)18-8-5-6-11(16)10(15)7-8/h2-7H,17H2,1H3,(H,18,19). The zero-order valence-electron chi connectivity index (χ0n) is 10.6. The van der Waals surface area contributed by atoms with Crippen molar-refractivity contribution in [2.75, 3.05) is 18.2 Å². The van der Waals surface area contributed by atoms with Crippen LogP contribution in [-0.4, -0.2) is 13.0 Å². The van der Waals surface area contributed by atoms with Crippen LogP contribution in [0, 0.1) is 5.82 Å². The number of carbonyl (C=O) groups excluding carboxylic acids is 1. The minimum atomic E-state index is -0.550. The fraction of sp³-hybridized carbons (Fsp3) is 0.0714. The SMILES string of the molecule is COc1cccc(C(=O)Nc2ccc(F)c(Cl)c2)c1N. The summed E-state index contributed by atoms with van der Waals surface area (Å²) in [5.41, 5.74) is 6.71. The van der Waals surface area contributed by atoms with Gasteiger partial charge in [0.05, 0.1) is 23.4 Å². The molecule has 104 valence electrons. The van der Waals surface area contributed by atoms with Gasteiger partial charge in [-0.1, -0.05) is 17.7 Å². The van der Waals surface area contributed by atoms with Crippen LogP contribution in [0.4, 0.5) is 15.8 Å². The molecule has 0 aromatic heterocycles. The van der Waals surface area contributed by atoms with Crippen molar-refractivity contribution < 1.29 is 13.9 Å². The van der Waals surface area contributed by atoms with Crippen molar-refractivity contribution in [1.82, 2.24) is 0 Å². The van der Waals surface area contributed by atoms with Gasteiger partial charge in [0, 0.05) is 5.69 Å². The third-order valence-electron chi connectivity index (χ3n) is 2.71. The molecule has 0 aliphatic carbocycles. The number of amides is 1. The van der Waals surface area contributed by atoms with Crippen LogP contribution < -0.4 is 15.8 Å². The van der Waals surface area contributed by atoms with Gasteiger partial charge in [-0.2, -0.15) is 0 Å². The lowest BCUT2D eigenvalue weighted by Crippen LogP contribution is -2.14. The third kappa shape index (κ3) is 2.83. The Labute approximate surface area is 120 Å². The first-order valence-corrected chi connectivity index (χ1v) is 6.09. The van der Waals surface area contributed by atoms with Crippen LogP contribution in [0.1, 0.15) is 10.4 Å². The smallest absolute Gasteiger partial charge is 0.257 e. The van der Waals surface area contributed by atoms with Crippen LogP contribution in [0.5, 0.6) is 5.75 Å². The van der Waals surface area contributed by atoms with Gasteiger partial charge in [-0.05, 0) is 30.3 Å². The third-order valence-corrected chi connectivity index (χ3v) is 3.00. The summed E-state index contributed by atoms with van der Waals surface area (Å²) in [6.45, 7) is 0. The Morgan fingerprint density at radius 3 is 2.75 bits per heavy atom. The maximum Gasteiger partial charge on any atom is 0.257 e. The van der Waals surface area contributed by atoms with E-state index < -0.39 is 11.7 Å². The average molecular weight is 295 g/mol. The lowest BCUT2D eigenvalue weighted by Gasteiger charge is -2.10. The molecule has 0 saturated carbocycles. The van der Waals surface area contributed by atoms with E-state index in [1.165, 1.54) is 25.3 Å². The molecule has 2 aromatic rings. The van der Waals surface area contributed by atoms with E-state index in [-0.39, 0.29) is 16.3 Å². The minimum absolute atomic E-state index is 0.0681. The van der Waals surface area contributed by atoms with Crippen LogP contribution in [0.25, 0.3) is 0 Å². The number of nitrogen functional groups attached to an aromatic ring is 1. The van der Waals surface area contributed by atoms with Gasteiger partial charge >= 0.3 is 0 Å². The van der Waals surface area contributed by atoms with Crippen molar-refractivity contribution in [1.29, 1.82) is 0 Å². The molecule has 0 fully saturated rings. The Bertz CT molecular complexity index is 662. The predicted octanol–water partition coefficient (Wildman–Crippen LogP) is 3.32. The first-order valence-electron chi connectivity index (χ1n) is 5.72. The van der Waals surface area contributed by atoms with Crippen molar-refractivity contribution in [3.8, 4) is 5.75 Å². The second-order valence-corrected chi connectivity index (χ2v) is 4.41. The molecule has 2 rings (SSSR count). The predicted molar refractivity (Wildman–Crippen MR) is 76.8 cm³/mol. The van der Waals surface area contributed by atoms with E-state index in [0.29, 0.717) is 11.4 Å². The van der Waals surface area contributed by atoms with Crippen molar-refractivity contribution in [2.45, 2.75) is 0 Å². The first kappa shape index (κ1) is 14.1. The molecule has 0 atom stereocenters. The Morgan fingerprint density at radius 1 is 1.35 bits per heavy atom. The largest absolute Gasteiger partial charge is 0.495 e. The Hall–Kier alpha value is -2.27. The summed E-state index contributed by atoms with van der Waals surface area (Å²) in [6, 6.07) is 8.79. The Balaban J connectivity index is 2.26. The van der Waals surface area contributed by atoms with Gasteiger partial charge in [0.1, 0.15) is 11.6 Å². The number of nitrogens with two attached hydrogens (primary N) is 1. The van der Waals surface area contributed by atoms with Crippen molar-refractivity contribution >= 4 is 28.9 Å². The number of carbonyl (C=O) groups is 1. The van der Waals surface area contributed by atoms with E-state index in [1.54, 1.807) is 18.2 Å². The Morgan fingerprint density at radius 2 is 2.10 bits per heavy atom. The van der Waals surface area contributed by atoms with E-state index in [0.717, 1.165) is 0 Å². The van der Waals surface area contributed by atoms with Gasteiger partial charge in [0.15, 0.2) is 0 Å². The van der Waals surface area contributed by atoms with E-state index in [1.807, 2.05) is 0 Å². The second-order valence-electron chi connectivity index (χ2n) is 4.00. The van der Waals surface area contributed by atoms with Gasteiger partial charge in [-0.3, -0.25) is 4.79 Å². The first-order chi connectivity index (χ1) is 9.52. The zero-order valence-corrected chi connectivity index (χ0v) is 11.4. The summed E-state index contributed by atoms with van der Waals surface area (Å²) >= 11 is 5.65. The van der Waals surface area contributed by atoms with Gasteiger partial charge in [0.2, 0.25) is 0 Å². The van der Waals surface area contributed by atoms with Gasteiger partial charge in [0.25, 0.3) is 5.91 Å². The molecular formula is C14H12ClFN2O2. The molecule has 4 nitrogen and oxygen atoms in total. The van der Waals surface area contributed by atoms with Crippen molar-refractivity contribution in [3.05, 3.63) is 52.8 Å². The highest BCUT2D eigenvalue weighted by Crippen LogP contribution is 2.26. The highest BCUT2D eigenvalue weighted by atomic mass is 35.5. The van der Waals surface area contributed by atoms with Crippen LogP contribution >= 0.6 is 11.6 Å². The van der Waals surface area contributed by atoms with Crippen LogP contribution in [0.2, 0.25) is 5.02 Å². The molecule has 0 aliphatic heterocycles. The summed E-state index contributed by atoms with van der Waals surface area (Å²) in [5, 5.41) is 2.52. The molecule has 0 radical (unpaired) electrons. The fourth-order valence-electron chi connectivity index (χ4n) is 1.69.